The van der Waals surface area contributed by atoms with Gasteiger partial charge >= 0.3 is 5.97 Å². The van der Waals surface area contributed by atoms with E-state index >= 15 is 0 Å². The summed E-state index contributed by atoms with van der Waals surface area (Å²) in [5, 5.41) is 26.7. The van der Waals surface area contributed by atoms with Gasteiger partial charge in [-0.3, -0.25) is 10.1 Å². The average Bonchev–Trinajstić information content (AvgIpc) is 2.88. The molecule has 2 rings (SSSR count). The molecule has 0 atom stereocenters. The maximum Gasteiger partial charge on any atom is 0.358 e. The molecule has 0 aliphatic carbocycles. The number of amides is 1. The first kappa shape index (κ1) is 12.1. The molecule has 10 heteroatoms. The minimum absolute atomic E-state index is 0.140. The van der Waals surface area contributed by atoms with Crippen molar-refractivity contribution >= 4 is 28.3 Å². The molecule has 2 aromatic heterocycles. The van der Waals surface area contributed by atoms with Crippen LogP contribution in [0.4, 0.5) is 5.13 Å². The Kier molecular flexibility index (Phi) is 3.28. The van der Waals surface area contributed by atoms with Crippen molar-refractivity contribution in [1.29, 1.82) is 0 Å². The normalized spacial score (nSPS) is 10.3. The van der Waals surface area contributed by atoms with Crippen molar-refractivity contribution in [2.45, 2.75) is 13.5 Å². The van der Waals surface area contributed by atoms with E-state index in [9.17, 15) is 9.59 Å². The fraction of sp³-hybridized carbons (Fsp3) is 0.250. The van der Waals surface area contributed by atoms with E-state index in [1.807, 2.05) is 0 Å². The Morgan fingerprint density at radius 3 is 2.78 bits per heavy atom. The van der Waals surface area contributed by atoms with E-state index in [1.54, 1.807) is 6.92 Å². The summed E-state index contributed by atoms with van der Waals surface area (Å²) < 4.78 is 1.13. The van der Waals surface area contributed by atoms with Crippen LogP contribution in [0.15, 0.2) is 6.20 Å². The summed E-state index contributed by atoms with van der Waals surface area (Å²) in [4.78, 5) is 22.1. The summed E-state index contributed by atoms with van der Waals surface area (Å²) in [5.41, 5.74) is -0.213. The Morgan fingerprint density at radius 2 is 2.22 bits per heavy atom. The number of aromatic nitrogens is 5. The van der Waals surface area contributed by atoms with Crippen LogP contribution >= 0.6 is 11.3 Å². The van der Waals surface area contributed by atoms with Crippen molar-refractivity contribution in [2.24, 2.45) is 0 Å². The van der Waals surface area contributed by atoms with Gasteiger partial charge in [-0.2, -0.15) is 0 Å². The zero-order chi connectivity index (χ0) is 13.1. The van der Waals surface area contributed by atoms with Crippen LogP contribution in [0.5, 0.6) is 0 Å². The first-order chi connectivity index (χ1) is 8.54. The lowest BCUT2D eigenvalue weighted by Gasteiger charge is -1.99. The molecule has 0 fully saturated rings. The molecule has 0 aromatic carbocycles. The highest BCUT2D eigenvalue weighted by molar-refractivity contribution is 7.15. The number of aromatic carboxylic acids is 1. The SMILES string of the molecule is Cc1nnc(NC(=O)Cn2cc(C(=O)O)nn2)s1. The lowest BCUT2D eigenvalue weighted by Crippen LogP contribution is -2.19. The van der Waals surface area contributed by atoms with Crippen LogP contribution in [-0.2, 0) is 11.3 Å². The molecule has 18 heavy (non-hydrogen) atoms. The van der Waals surface area contributed by atoms with Gasteiger partial charge < -0.3 is 5.11 Å². The van der Waals surface area contributed by atoms with Gasteiger partial charge in [0.25, 0.3) is 0 Å². The quantitative estimate of drug-likeness (QED) is 0.785. The standard InChI is InChI=1S/C8H8N6O3S/c1-4-10-12-8(18-4)9-6(15)3-14-2-5(7(16)17)11-13-14/h2H,3H2,1H3,(H,16,17)(H,9,12,15). The molecule has 2 aromatic rings. The number of hydrogen-bond acceptors (Lipinski definition) is 7. The molecule has 0 aliphatic rings. The number of nitrogens with one attached hydrogen (secondary N) is 1. The summed E-state index contributed by atoms with van der Waals surface area (Å²) in [6, 6.07) is 0. The van der Waals surface area contributed by atoms with Gasteiger partial charge in [-0.1, -0.05) is 16.6 Å². The van der Waals surface area contributed by atoms with Crippen molar-refractivity contribution < 1.29 is 14.7 Å². The van der Waals surface area contributed by atoms with Gasteiger partial charge in [0.15, 0.2) is 5.69 Å². The second kappa shape index (κ2) is 4.87. The summed E-state index contributed by atoms with van der Waals surface area (Å²) in [6.45, 7) is 1.63. The molecule has 1 amide bonds. The third-order valence-electron chi connectivity index (χ3n) is 1.84. The van der Waals surface area contributed by atoms with Gasteiger partial charge in [0.2, 0.25) is 11.0 Å². The molecule has 2 N–H and O–H groups in total. The predicted molar refractivity (Wildman–Crippen MR) is 60.3 cm³/mol. The molecule has 0 aliphatic heterocycles. The first-order valence-electron chi connectivity index (χ1n) is 4.78. The Hall–Kier alpha value is -2.36. The van der Waals surface area contributed by atoms with Crippen molar-refractivity contribution in [1.82, 2.24) is 25.2 Å². The molecular formula is C8H8N6O3S. The van der Waals surface area contributed by atoms with Crippen LogP contribution in [0.2, 0.25) is 0 Å². The van der Waals surface area contributed by atoms with E-state index in [-0.39, 0.29) is 18.1 Å². The highest BCUT2D eigenvalue weighted by Gasteiger charge is 2.11. The van der Waals surface area contributed by atoms with E-state index in [4.69, 9.17) is 5.11 Å². The minimum Gasteiger partial charge on any atom is -0.476 e. The highest BCUT2D eigenvalue weighted by Crippen LogP contribution is 2.13. The van der Waals surface area contributed by atoms with Crippen molar-refractivity contribution in [3.8, 4) is 0 Å². The van der Waals surface area contributed by atoms with Gasteiger partial charge in [0, 0.05) is 0 Å². The van der Waals surface area contributed by atoms with Gasteiger partial charge in [-0.05, 0) is 6.92 Å². The van der Waals surface area contributed by atoms with Gasteiger partial charge in [0.05, 0.1) is 6.20 Å². The van der Waals surface area contributed by atoms with Crippen LogP contribution in [0.3, 0.4) is 0 Å². The number of hydrogen-bond donors (Lipinski definition) is 2. The topological polar surface area (TPSA) is 123 Å². The van der Waals surface area contributed by atoms with Gasteiger partial charge in [0.1, 0.15) is 11.6 Å². The number of carboxylic acid groups (broad SMARTS) is 1. The lowest BCUT2D eigenvalue weighted by atomic mass is 10.5. The maximum absolute atomic E-state index is 11.6. The van der Waals surface area contributed by atoms with Crippen LogP contribution in [0, 0.1) is 6.92 Å². The van der Waals surface area contributed by atoms with Crippen LogP contribution in [-0.4, -0.2) is 42.2 Å². The number of carboxylic acids is 1. The molecule has 9 nitrogen and oxygen atoms in total. The van der Waals surface area contributed by atoms with E-state index in [0.29, 0.717) is 5.13 Å². The fourth-order valence-electron chi connectivity index (χ4n) is 1.13. The molecule has 94 valence electrons. The molecule has 0 radical (unpaired) electrons. The maximum atomic E-state index is 11.6. The van der Waals surface area contributed by atoms with Crippen LogP contribution in [0.1, 0.15) is 15.5 Å². The average molecular weight is 268 g/mol. The number of aryl methyl sites for hydroxylation is 1. The number of rotatable bonds is 4. The zero-order valence-corrected chi connectivity index (χ0v) is 10.0. The molecular weight excluding hydrogens is 260 g/mol. The first-order valence-corrected chi connectivity index (χ1v) is 5.59. The second-order valence-corrected chi connectivity index (χ2v) is 4.46. The largest absolute Gasteiger partial charge is 0.476 e. The molecule has 0 saturated carbocycles. The molecule has 0 unspecified atom stereocenters. The molecule has 2 heterocycles. The molecule has 0 spiro atoms. The smallest absolute Gasteiger partial charge is 0.358 e. The summed E-state index contributed by atoms with van der Waals surface area (Å²) in [6.07, 6.45) is 1.17. The molecule has 0 saturated heterocycles. The Balaban J connectivity index is 1.96. The van der Waals surface area contributed by atoms with Crippen LogP contribution < -0.4 is 5.32 Å². The van der Waals surface area contributed by atoms with Crippen LogP contribution in [0.25, 0.3) is 0 Å². The fourth-order valence-corrected chi connectivity index (χ4v) is 1.73. The summed E-state index contributed by atoms with van der Waals surface area (Å²) in [7, 11) is 0. The Bertz CT molecular complexity index is 591. The van der Waals surface area contributed by atoms with Crippen molar-refractivity contribution in [2.75, 3.05) is 5.32 Å². The monoisotopic (exact) mass is 268 g/mol. The third-order valence-corrected chi connectivity index (χ3v) is 2.59. The summed E-state index contributed by atoms with van der Waals surface area (Å²) in [5.74, 6) is -1.57. The van der Waals surface area contributed by atoms with Crippen molar-refractivity contribution in [3.05, 3.63) is 16.9 Å². The number of carbonyl (C=O) groups is 2. The van der Waals surface area contributed by atoms with Gasteiger partial charge in [-0.15, -0.1) is 15.3 Å². The Labute approximate surface area is 104 Å². The zero-order valence-electron chi connectivity index (χ0n) is 9.19. The highest BCUT2D eigenvalue weighted by atomic mass is 32.1. The number of nitrogens with zero attached hydrogens (tertiary/aromatic N) is 5. The van der Waals surface area contributed by atoms with E-state index in [1.165, 1.54) is 17.5 Å². The van der Waals surface area contributed by atoms with Crippen molar-refractivity contribution in [3.63, 3.8) is 0 Å². The minimum atomic E-state index is -1.19. The van der Waals surface area contributed by atoms with E-state index < -0.39 is 5.97 Å². The third kappa shape index (κ3) is 2.85. The lowest BCUT2D eigenvalue weighted by molar-refractivity contribution is -0.116. The second-order valence-electron chi connectivity index (χ2n) is 3.28. The van der Waals surface area contributed by atoms with Gasteiger partial charge in [-0.25, -0.2) is 9.48 Å². The van der Waals surface area contributed by atoms with E-state index in [0.717, 1.165) is 9.69 Å². The number of anilines is 1. The summed E-state index contributed by atoms with van der Waals surface area (Å²) >= 11 is 1.24. The predicted octanol–water partition coefficient (Wildman–Crippen LogP) is -0.225. The Morgan fingerprint density at radius 1 is 1.44 bits per heavy atom. The molecule has 0 bridgehead atoms. The van der Waals surface area contributed by atoms with E-state index in [2.05, 4.69) is 25.8 Å². The number of carbonyl (C=O) groups excluding carboxylic acids is 1.